The van der Waals surface area contributed by atoms with Crippen molar-refractivity contribution in [3.63, 3.8) is 0 Å². The molecule has 0 aliphatic carbocycles. The van der Waals surface area contributed by atoms with Crippen LogP contribution >= 0.6 is 11.6 Å². The minimum Gasteiger partial charge on any atom is -0.322 e. The van der Waals surface area contributed by atoms with Crippen molar-refractivity contribution in [2.75, 3.05) is 5.32 Å². The number of nitrogens with one attached hydrogen (secondary N) is 1. The fraction of sp³-hybridized carbons (Fsp3) is 0.174. The molecule has 7 heteroatoms. The molecule has 0 atom stereocenters. The lowest BCUT2D eigenvalue weighted by atomic mass is 9.90. The number of carbonyl (C=O) groups is 1. The van der Waals surface area contributed by atoms with E-state index in [4.69, 9.17) is 16.9 Å². The predicted molar refractivity (Wildman–Crippen MR) is 115 cm³/mol. The summed E-state index contributed by atoms with van der Waals surface area (Å²) in [7, 11) is 0. The van der Waals surface area contributed by atoms with Crippen LogP contribution in [-0.2, 0) is 5.41 Å². The highest BCUT2D eigenvalue weighted by molar-refractivity contribution is 6.32. The molecule has 3 aromatic rings. The summed E-state index contributed by atoms with van der Waals surface area (Å²) in [5.41, 5.74) is 3.39. The molecule has 148 valence electrons. The van der Waals surface area contributed by atoms with Gasteiger partial charge in [-0.1, -0.05) is 17.7 Å². The van der Waals surface area contributed by atoms with Gasteiger partial charge in [0.05, 0.1) is 22.7 Å². The summed E-state index contributed by atoms with van der Waals surface area (Å²) >= 11 is 6.25. The normalized spacial score (nSPS) is 10.7. The first kappa shape index (κ1) is 21.0. The lowest BCUT2D eigenvalue weighted by Gasteiger charge is -2.15. The Kier molecular flexibility index (Phi) is 5.82. The van der Waals surface area contributed by atoms with Gasteiger partial charge in [-0.05, 0) is 62.2 Å². The van der Waals surface area contributed by atoms with Crippen LogP contribution in [0, 0.1) is 29.6 Å². The first-order valence-corrected chi connectivity index (χ1v) is 9.49. The second kappa shape index (κ2) is 8.32. The second-order valence-electron chi connectivity index (χ2n) is 7.32. The van der Waals surface area contributed by atoms with Crippen molar-refractivity contribution in [1.29, 1.82) is 10.5 Å². The molecule has 1 aromatic carbocycles. The average molecular weight is 416 g/mol. The Hall–Kier alpha value is -3.74. The van der Waals surface area contributed by atoms with Gasteiger partial charge in [0, 0.05) is 29.2 Å². The van der Waals surface area contributed by atoms with Gasteiger partial charge in [0.15, 0.2) is 0 Å². The zero-order valence-electron chi connectivity index (χ0n) is 16.7. The van der Waals surface area contributed by atoms with Crippen LogP contribution in [0.4, 0.5) is 5.69 Å². The van der Waals surface area contributed by atoms with E-state index in [1.54, 1.807) is 44.2 Å². The third-order valence-corrected chi connectivity index (χ3v) is 5.00. The van der Waals surface area contributed by atoms with E-state index in [0.29, 0.717) is 28.1 Å². The van der Waals surface area contributed by atoms with Gasteiger partial charge < -0.3 is 5.32 Å². The zero-order valence-corrected chi connectivity index (χ0v) is 17.4. The van der Waals surface area contributed by atoms with E-state index in [1.807, 2.05) is 13.0 Å². The molecule has 0 saturated carbocycles. The van der Waals surface area contributed by atoms with E-state index in [-0.39, 0.29) is 11.1 Å². The molecule has 0 aliphatic heterocycles. The number of pyridine rings is 2. The van der Waals surface area contributed by atoms with Crippen molar-refractivity contribution in [3.8, 4) is 23.3 Å². The first-order valence-electron chi connectivity index (χ1n) is 9.11. The summed E-state index contributed by atoms with van der Waals surface area (Å²) in [4.78, 5) is 21.1. The Bertz CT molecular complexity index is 1220. The van der Waals surface area contributed by atoms with Gasteiger partial charge in [0.1, 0.15) is 11.2 Å². The number of nitriles is 2. The quantitative estimate of drug-likeness (QED) is 0.602. The van der Waals surface area contributed by atoms with E-state index >= 15 is 0 Å². The molecule has 1 amide bonds. The van der Waals surface area contributed by atoms with Gasteiger partial charge in [0.25, 0.3) is 5.91 Å². The topological polar surface area (TPSA) is 102 Å². The molecule has 30 heavy (non-hydrogen) atoms. The Morgan fingerprint density at radius 3 is 2.57 bits per heavy atom. The minimum atomic E-state index is -0.803. The summed E-state index contributed by atoms with van der Waals surface area (Å²) in [6.45, 7) is 5.40. The highest BCUT2D eigenvalue weighted by Gasteiger charge is 2.22. The van der Waals surface area contributed by atoms with Gasteiger partial charge in [-0.15, -0.1) is 0 Å². The fourth-order valence-electron chi connectivity index (χ4n) is 2.86. The monoisotopic (exact) mass is 415 g/mol. The molecule has 2 aromatic heterocycles. The summed E-state index contributed by atoms with van der Waals surface area (Å²) in [6.07, 6.45) is 2.93. The number of aromatic nitrogens is 2. The van der Waals surface area contributed by atoms with Crippen LogP contribution in [-0.4, -0.2) is 15.9 Å². The number of aryl methyl sites for hydroxylation is 1. The van der Waals surface area contributed by atoms with Crippen LogP contribution in [0.15, 0.2) is 48.8 Å². The molecule has 0 spiro atoms. The molecular formula is C23H18ClN5O. The van der Waals surface area contributed by atoms with Crippen molar-refractivity contribution in [2.24, 2.45) is 0 Å². The number of amides is 1. The van der Waals surface area contributed by atoms with E-state index in [0.717, 1.165) is 11.1 Å². The van der Waals surface area contributed by atoms with E-state index in [9.17, 15) is 10.1 Å². The zero-order chi connectivity index (χ0) is 21.9. The SMILES string of the molecule is Cc1ccc(NC(=O)c2ccnc(C(C)(C)C#N)c2)cc1-c1cc(C#N)cnc1Cl. The third-order valence-electron chi connectivity index (χ3n) is 4.70. The molecule has 6 nitrogen and oxygen atoms in total. The molecule has 0 radical (unpaired) electrons. The summed E-state index contributed by atoms with van der Waals surface area (Å²) in [6, 6.07) is 14.6. The lowest BCUT2D eigenvalue weighted by Crippen LogP contribution is -2.18. The van der Waals surface area contributed by atoms with Gasteiger partial charge in [0.2, 0.25) is 0 Å². The number of hydrogen-bond donors (Lipinski definition) is 1. The first-order chi connectivity index (χ1) is 14.2. The van der Waals surface area contributed by atoms with Crippen LogP contribution in [0.5, 0.6) is 0 Å². The van der Waals surface area contributed by atoms with Crippen LogP contribution in [0.25, 0.3) is 11.1 Å². The van der Waals surface area contributed by atoms with Gasteiger partial charge >= 0.3 is 0 Å². The predicted octanol–water partition coefficient (Wildman–Crippen LogP) is 5.03. The summed E-state index contributed by atoms with van der Waals surface area (Å²) in [5.74, 6) is -0.322. The summed E-state index contributed by atoms with van der Waals surface area (Å²) < 4.78 is 0. The van der Waals surface area contributed by atoms with E-state index in [1.165, 1.54) is 12.4 Å². The molecule has 0 fully saturated rings. The number of nitrogens with zero attached hydrogens (tertiary/aromatic N) is 4. The molecule has 0 aliphatic rings. The highest BCUT2D eigenvalue weighted by Crippen LogP contribution is 2.32. The number of anilines is 1. The van der Waals surface area contributed by atoms with Gasteiger partial charge in [-0.3, -0.25) is 9.78 Å². The van der Waals surface area contributed by atoms with Crippen molar-refractivity contribution in [3.05, 3.63) is 76.3 Å². The van der Waals surface area contributed by atoms with Crippen molar-refractivity contribution in [1.82, 2.24) is 9.97 Å². The standard InChI is InChI=1S/C23H18ClN5O/c1-14-4-5-17(10-18(14)19-8-15(11-25)12-28-21(19)24)29-22(30)16-6-7-27-20(9-16)23(2,3)13-26/h4-10,12H,1-3H3,(H,29,30). The van der Waals surface area contributed by atoms with Crippen LogP contribution in [0.3, 0.4) is 0 Å². The van der Waals surface area contributed by atoms with Crippen LogP contribution in [0.1, 0.15) is 41.0 Å². The Labute approximate surface area is 179 Å². The maximum atomic E-state index is 12.8. The minimum absolute atomic E-state index is 0.276. The number of benzene rings is 1. The molecule has 2 heterocycles. The smallest absolute Gasteiger partial charge is 0.255 e. The Morgan fingerprint density at radius 1 is 1.10 bits per heavy atom. The lowest BCUT2D eigenvalue weighted by molar-refractivity contribution is 0.102. The molecule has 0 bridgehead atoms. The maximum Gasteiger partial charge on any atom is 0.255 e. The number of hydrogen-bond acceptors (Lipinski definition) is 5. The fourth-order valence-corrected chi connectivity index (χ4v) is 3.07. The number of carbonyl (C=O) groups excluding carboxylic acids is 1. The Morgan fingerprint density at radius 2 is 1.87 bits per heavy atom. The second-order valence-corrected chi connectivity index (χ2v) is 7.68. The summed E-state index contributed by atoms with van der Waals surface area (Å²) in [5, 5.41) is 21.6. The molecule has 1 N–H and O–H groups in total. The van der Waals surface area contributed by atoms with Gasteiger partial charge in [-0.25, -0.2) is 4.98 Å². The average Bonchev–Trinajstić information content (AvgIpc) is 2.75. The van der Waals surface area contributed by atoms with Crippen LogP contribution < -0.4 is 5.32 Å². The Balaban J connectivity index is 1.94. The number of rotatable bonds is 4. The van der Waals surface area contributed by atoms with Crippen LogP contribution in [0.2, 0.25) is 5.15 Å². The van der Waals surface area contributed by atoms with Crippen molar-refractivity contribution < 1.29 is 4.79 Å². The van der Waals surface area contributed by atoms with E-state index in [2.05, 4.69) is 27.4 Å². The van der Waals surface area contributed by atoms with Gasteiger partial charge in [-0.2, -0.15) is 10.5 Å². The highest BCUT2D eigenvalue weighted by atomic mass is 35.5. The molecule has 0 unspecified atom stereocenters. The molecule has 3 rings (SSSR count). The largest absolute Gasteiger partial charge is 0.322 e. The molecule has 0 saturated heterocycles. The third kappa shape index (κ3) is 4.30. The van der Waals surface area contributed by atoms with Crippen molar-refractivity contribution in [2.45, 2.75) is 26.2 Å². The number of halogens is 1. The van der Waals surface area contributed by atoms with E-state index < -0.39 is 5.41 Å². The van der Waals surface area contributed by atoms with Crippen molar-refractivity contribution >= 4 is 23.2 Å². The maximum absolute atomic E-state index is 12.8. The molecular weight excluding hydrogens is 398 g/mol.